The Bertz CT molecular complexity index is 562. The van der Waals surface area contributed by atoms with Gasteiger partial charge < -0.3 is 4.90 Å². The molecule has 5 nitrogen and oxygen atoms in total. The van der Waals surface area contributed by atoms with Gasteiger partial charge in [-0.3, -0.25) is 0 Å². The molecule has 1 aliphatic heterocycles. The lowest BCUT2D eigenvalue weighted by molar-refractivity contribution is 0.600. The maximum absolute atomic E-state index is 11.4. The number of pyridine rings is 1. The van der Waals surface area contributed by atoms with Crippen molar-refractivity contribution in [3.63, 3.8) is 0 Å². The molecule has 0 aliphatic carbocycles. The zero-order chi connectivity index (χ0) is 12.5. The Kier molecular flexibility index (Phi) is 3.03. The summed E-state index contributed by atoms with van der Waals surface area (Å²) < 4.78 is 22.8. The Morgan fingerprint density at radius 3 is 2.94 bits per heavy atom. The van der Waals surface area contributed by atoms with Gasteiger partial charge in [-0.1, -0.05) is 0 Å². The quantitative estimate of drug-likeness (QED) is 0.768. The molecule has 0 saturated carbocycles. The van der Waals surface area contributed by atoms with Crippen molar-refractivity contribution < 1.29 is 8.42 Å². The van der Waals surface area contributed by atoms with Gasteiger partial charge in [0.25, 0.3) is 0 Å². The Morgan fingerprint density at radius 2 is 2.35 bits per heavy atom. The Balaban J connectivity index is 2.20. The predicted molar refractivity (Wildman–Crippen MR) is 64.4 cm³/mol. The minimum absolute atomic E-state index is 0.0403. The molecule has 0 radical (unpaired) electrons. The number of aromatic nitrogens is 1. The van der Waals surface area contributed by atoms with Crippen LogP contribution in [0.1, 0.15) is 12.0 Å². The first-order valence-corrected chi connectivity index (χ1v) is 7.13. The van der Waals surface area contributed by atoms with E-state index >= 15 is 0 Å². The van der Waals surface area contributed by atoms with Crippen LogP contribution in [0.25, 0.3) is 0 Å². The summed E-state index contributed by atoms with van der Waals surface area (Å²) in [7, 11) is -1.08. The van der Waals surface area contributed by atoms with E-state index in [2.05, 4.69) is 4.98 Å². The molecule has 1 unspecified atom stereocenters. The number of nitriles is 1. The molecule has 0 N–H and O–H groups in total. The van der Waals surface area contributed by atoms with Gasteiger partial charge in [0.1, 0.15) is 5.82 Å². The van der Waals surface area contributed by atoms with E-state index in [0.29, 0.717) is 17.8 Å². The van der Waals surface area contributed by atoms with Gasteiger partial charge in [0.2, 0.25) is 0 Å². The molecule has 1 aliphatic rings. The lowest BCUT2D eigenvalue weighted by Gasteiger charge is -2.24. The third-order valence-corrected chi connectivity index (χ3v) is 4.74. The molecule has 0 amide bonds. The fourth-order valence-electron chi connectivity index (χ4n) is 1.95. The zero-order valence-electron chi connectivity index (χ0n) is 9.50. The molecule has 17 heavy (non-hydrogen) atoms. The highest BCUT2D eigenvalue weighted by Gasteiger charge is 2.31. The van der Waals surface area contributed by atoms with E-state index in [1.165, 1.54) is 0 Å². The topological polar surface area (TPSA) is 74.1 Å². The van der Waals surface area contributed by atoms with Crippen molar-refractivity contribution in [1.82, 2.24) is 4.98 Å². The van der Waals surface area contributed by atoms with Gasteiger partial charge in [-0.15, -0.1) is 0 Å². The summed E-state index contributed by atoms with van der Waals surface area (Å²) in [5, 5.41) is 8.80. The molecule has 6 heteroatoms. The molecular formula is C11H13N3O2S. The van der Waals surface area contributed by atoms with E-state index in [1.807, 2.05) is 18.0 Å². The van der Waals surface area contributed by atoms with Crippen molar-refractivity contribution in [3.8, 4) is 6.07 Å². The highest BCUT2D eigenvalue weighted by Crippen LogP contribution is 2.21. The molecule has 0 spiro atoms. The molecule has 2 rings (SSSR count). The van der Waals surface area contributed by atoms with Gasteiger partial charge in [0, 0.05) is 19.3 Å². The molecule has 1 saturated heterocycles. The number of anilines is 1. The fourth-order valence-corrected chi connectivity index (χ4v) is 3.72. The zero-order valence-corrected chi connectivity index (χ0v) is 10.3. The lowest BCUT2D eigenvalue weighted by Crippen LogP contribution is -2.33. The SMILES string of the molecule is CN(c1cc(C#N)ccn1)C1CCS(=O)(=O)C1. The Hall–Kier alpha value is -1.61. The molecule has 1 aromatic heterocycles. The standard InChI is InChI=1S/C11H13N3O2S/c1-14(10-3-5-17(15,16)8-10)11-6-9(7-12)2-4-13-11/h2,4,6,10H,3,5,8H2,1H3. The highest BCUT2D eigenvalue weighted by atomic mass is 32.2. The van der Waals surface area contributed by atoms with Crippen LogP contribution in [0.15, 0.2) is 18.3 Å². The van der Waals surface area contributed by atoms with Crippen LogP contribution in [0.3, 0.4) is 0 Å². The molecule has 0 aromatic carbocycles. The third-order valence-electron chi connectivity index (χ3n) is 2.99. The molecular weight excluding hydrogens is 238 g/mol. The van der Waals surface area contributed by atoms with Crippen LogP contribution >= 0.6 is 0 Å². The summed E-state index contributed by atoms with van der Waals surface area (Å²) in [6, 6.07) is 5.30. The van der Waals surface area contributed by atoms with Gasteiger partial charge in [-0.25, -0.2) is 13.4 Å². The van der Waals surface area contributed by atoms with E-state index in [0.717, 1.165) is 0 Å². The molecule has 2 heterocycles. The van der Waals surface area contributed by atoms with Crippen molar-refractivity contribution in [2.24, 2.45) is 0 Å². The first-order valence-electron chi connectivity index (χ1n) is 5.31. The van der Waals surface area contributed by atoms with E-state index in [9.17, 15) is 8.42 Å². The van der Waals surface area contributed by atoms with Crippen LogP contribution < -0.4 is 4.90 Å². The summed E-state index contributed by atoms with van der Waals surface area (Å²) in [5.41, 5.74) is 0.530. The lowest BCUT2D eigenvalue weighted by atomic mass is 10.2. The Morgan fingerprint density at radius 1 is 1.59 bits per heavy atom. The second-order valence-corrected chi connectivity index (χ2v) is 6.41. The van der Waals surface area contributed by atoms with Gasteiger partial charge in [0.05, 0.1) is 23.1 Å². The van der Waals surface area contributed by atoms with E-state index in [4.69, 9.17) is 5.26 Å². The van der Waals surface area contributed by atoms with Crippen molar-refractivity contribution in [2.75, 3.05) is 23.5 Å². The van der Waals surface area contributed by atoms with Crippen LogP contribution in [-0.2, 0) is 9.84 Å². The van der Waals surface area contributed by atoms with Crippen LogP contribution in [0.2, 0.25) is 0 Å². The predicted octanol–water partition coefficient (Wildman–Crippen LogP) is 0.577. The van der Waals surface area contributed by atoms with Crippen molar-refractivity contribution in [2.45, 2.75) is 12.5 Å². The summed E-state index contributed by atoms with van der Waals surface area (Å²) >= 11 is 0. The monoisotopic (exact) mass is 251 g/mol. The van der Waals surface area contributed by atoms with Crippen LogP contribution in [0.5, 0.6) is 0 Å². The van der Waals surface area contributed by atoms with E-state index in [1.54, 1.807) is 18.3 Å². The minimum atomic E-state index is -2.90. The summed E-state index contributed by atoms with van der Waals surface area (Å²) in [5.74, 6) is 1.05. The van der Waals surface area contributed by atoms with Gasteiger partial charge in [-0.2, -0.15) is 5.26 Å². The fraction of sp³-hybridized carbons (Fsp3) is 0.455. The number of hydrogen-bond acceptors (Lipinski definition) is 5. The second kappa shape index (κ2) is 4.34. The van der Waals surface area contributed by atoms with Crippen LogP contribution in [-0.4, -0.2) is 38.0 Å². The van der Waals surface area contributed by atoms with E-state index in [-0.39, 0.29) is 17.5 Å². The van der Waals surface area contributed by atoms with Crippen LogP contribution in [0.4, 0.5) is 5.82 Å². The van der Waals surface area contributed by atoms with Gasteiger partial charge >= 0.3 is 0 Å². The maximum Gasteiger partial charge on any atom is 0.152 e. The average molecular weight is 251 g/mol. The number of nitrogens with zero attached hydrogens (tertiary/aromatic N) is 3. The van der Waals surface area contributed by atoms with E-state index < -0.39 is 9.84 Å². The van der Waals surface area contributed by atoms with Crippen molar-refractivity contribution in [3.05, 3.63) is 23.9 Å². The number of rotatable bonds is 2. The maximum atomic E-state index is 11.4. The smallest absolute Gasteiger partial charge is 0.152 e. The highest BCUT2D eigenvalue weighted by molar-refractivity contribution is 7.91. The summed E-state index contributed by atoms with van der Waals surface area (Å²) in [6.45, 7) is 0. The first kappa shape index (κ1) is 11.9. The number of hydrogen-bond donors (Lipinski definition) is 0. The molecule has 1 fully saturated rings. The number of sulfone groups is 1. The second-order valence-electron chi connectivity index (χ2n) is 4.18. The Labute approximate surface area is 101 Å². The largest absolute Gasteiger partial charge is 0.356 e. The molecule has 1 aromatic rings. The van der Waals surface area contributed by atoms with Crippen molar-refractivity contribution in [1.29, 1.82) is 5.26 Å². The first-order chi connectivity index (χ1) is 8.02. The van der Waals surface area contributed by atoms with Gasteiger partial charge in [0.15, 0.2) is 9.84 Å². The van der Waals surface area contributed by atoms with Crippen molar-refractivity contribution >= 4 is 15.7 Å². The normalized spacial score (nSPS) is 22.0. The summed E-state index contributed by atoms with van der Waals surface area (Å²) in [6.07, 6.45) is 2.19. The molecule has 1 atom stereocenters. The average Bonchev–Trinajstić information content (AvgIpc) is 2.69. The van der Waals surface area contributed by atoms with Gasteiger partial charge in [-0.05, 0) is 18.6 Å². The molecule has 90 valence electrons. The third kappa shape index (κ3) is 2.56. The minimum Gasteiger partial charge on any atom is -0.356 e. The summed E-state index contributed by atoms with van der Waals surface area (Å²) in [4.78, 5) is 6.00. The van der Waals surface area contributed by atoms with Crippen LogP contribution in [0, 0.1) is 11.3 Å². The molecule has 0 bridgehead atoms.